The topological polar surface area (TPSA) is 111 Å². The highest BCUT2D eigenvalue weighted by atomic mass is 19.4. The second-order valence-corrected chi connectivity index (χ2v) is 9.34. The van der Waals surface area contributed by atoms with Gasteiger partial charge >= 0.3 is 18.2 Å². The molecule has 1 aliphatic rings. The van der Waals surface area contributed by atoms with Gasteiger partial charge in [0.25, 0.3) is 0 Å². The number of halogens is 4. The zero-order chi connectivity index (χ0) is 27.5. The van der Waals surface area contributed by atoms with E-state index in [2.05, 4.69) is 15.3 Å². The Kier molecular flexibility index (Phi) is 8.03. The van der Waals surface area contributed by atoms with Crippen LogP contribution in [0.1, 0.15) is 48.9 Å². The minimum atomic E-state index is -4.64. The molecular formula is C24H26F4N4O5. The number of amides is 2. The Morgan fingerprint density at radius 3 is 2.41 bits per heavy atom. The Bertz CT molecular complexity index is 1170. The van der Waals surface area contributed by atoms with Gasteiger partial charge in [0, 0.05) is 29.9 Å². The van der Waals surface area contributed by atoms with Crippen LogP contribution in [-0.4, -0.2) is 64.3 Å². The number of pyridine rings is 2. The van der Waals surface area contributed by atoms with Crippen molar-refractivity contribution in [3.63, 3.8) is 0 Å². The fraction of sp³-hybridized carbons (Fsp3) is 0.458. The average Bonchev–Trinajstić information content (AvgIpc) is 3.22. The number of hydrogen-bond acceptors (Lipinski definition) is 7. The monoisotopic (exact) mass is 526 g/mol. The number of methoxy groups -OCH3 is 1. The Hall–Kier alpha value is -3.77. The average molecular weight is 526 g/mol. The Labute approximate surface area is 210 Å². The summed E-state index contributed by atoms with van der Waals surface area (Å²) in [4.78, 5) is 46.0. The van der Waals surface area contributed by atoms with E-state index in [9.17, 15) is 31.9 Å². The molecule has 1 aliphatic heterocycles. The van der Waals surface area contributed by atoms with E-state index >= 15 is 0 Å². The maximum atomic E-state index is 14.1. The number of aromatic nitrogens is 2. The number of likely N-dealkylation sites (tertiary alicyclic amines) is 1. The van der Waals surface area contributed by atoms with Crippen molar-refractivity contribution in [2.45, 2.75) is 57.7 Å². The molecule has 1 unspecified atom stereocenters. The van der Waals surface area contributed by atoms with Crippen molar-refractivity contribution in [3.8, 4) is 11.1 Å². The van der Waals surface area contributed by atoms with Gasteiger partial charge in [0.05, 0.1) is 31.5 Å². The first-order valence-corrected chi connectivity index (χ1v) is 11.2. The summed E-state index contributed by atoms with van der Waals surface area (Å²) in [6, 6.07) is 2.22. The van der Waals surface area contributed by atoms with E-state index < -0.39 is 47.7 Å². The van der Waals surface area contributed by atoms with Gasteiger partial charge < -0.3 is 14.8 Å². The number of esters is 1. The van der Waals surface area contributed by atoms with Gasteiger partial charge in [-0.25, -0.2) is 14.0 Å². The van der Waals surface area contributed by atoms with Gasteiger partial charge in [-0.1, -0.05) is 6.07 Å². The van der Waals surface area contributed by atoms with Crippen LogP contribution < -0.4 is 5.32 Å². The number of alkyl halides is 4. The molecule has 2 amide bonds. The first kappa shape index (κ1) is 27.8. The van der Waals surface area contributed by atoms with Crippen molar-refractivity contribution in [2.24, 2.45) is 0 Å². The van der Waals surface area contributed by atoms with Crippen LogP contribution >= 0.6 is 0 Å². The van der Waals surface area contributed by atoms with Crippen molar-refractivity contribution in [1.29, 1.82) is 0 Å². The fourth-order valence-corrected chi connectivity index (χ4v) is 3.68. The molecule has 0 saturated carbocycles. The van der Waals surface area contributed by atoms with Crippen LogP contribution in [0.2, 0.25) is 0 Å². The van der Waals surface area contributed by atoms with Crippen LogP contribution in [-0.2, 0) is 27.0 Å². The van der Waals surface area contributed by atoms with E-state index in [1.165, 1.54) is 12.3 Å². The molecular weight excluding hydrogens is 500 g/mol. The summed E-state index contributed by atoms with van der Waals surface area (Å²) >= 11 is 0. The SMILES string of the molecule is COC(=O)c1cnc(CNC(=O)C2C[C@@H](F)CN2C(=O)OC(C)(C)C)cc1-c1ccc(C(F)(F)F)nc1. The molecule has 9 nitrogen and oxygen atoms in total. The van der Waals surface area contributed by atoms with Gasteiger partial charge in [-0.2, -0.15) is 13.2 Å². The number of carbonyl (C=O) groups excluding carboxylic acids is 3. The Morgan fingerprint density at radius 1 is 1.14 bits per heavy atom. The molecule has 2 atom stereocenters. The summed E-state index contributed by atoms with van der Waals surface area (Å²) in [5, 5.41) is 2.58. The molecule has 0 bridgehead atoms. The summed E-state index contributed by atoms with van der Waals surface area (Å²) in [5.41, 5.74) is -1.33. The second kappa shape index (κ2) is 10.7. The summed E-state index contributed by atoms with van der Waals surface area (Å²) < 4.78 is 62.7. The molecule has 2 aromatic rings. The van der Waals surface area contributed by atoms with E-state index in [0.717, 1.165) is 30.3 Å². The predicted molar refractivity (Wildman–Crippen MR) is 122 cm³/mol. The molecule has 1 N–H and O–H groups in total. The van der Waals surface area contributed by atoms with Crippen molar-refractivity contribution < 1.29 is 41.4 Å². The van der Waals surface area contributed by atoms with Gasteiger partial charge in [0.15, 0.2) is 0 Å². The predicted octanol–water partition coefficient (Wildman–Crippen LogP) is 3.91. The molecule has 200 valence electrons. The Morgan fingerprint density at radius 2 is 1.84 bits per heavy atom. The van der Waals surface area contributed by atoms with Gasteiger partial charge in [0.1, 0.15) is 23.5 Å². The standard InChI is InChI=1S/C24H26F4N4O5/c1-23(2,3)37-22(35)32-12-14(25)7-18(32)20(33)31-10-15-8-16(17(11-29-15)21(34)36-4)13-5-6-19(30-9-13)24(26,27)28/h5-6,8-9,11,14,18H,7,10,12H2,1-4H3,(H,31,33)/t14-,18?/m1/s1. The molecule has 0 aromatic carbocycles. The van der Waals surface area contributed by atoms with Crippen LogP contribution in [0.15, 0.2) is 30.6 Å². The van der Waals surface area contributed by atoms with E-state index in [1.807, 2.05) is 0 Å². The summed E-state index contributed by atoms with van der Waals surface area (Å²) in [6.45, 7) is 4.49. The first-order valence-electron chi connectivity index (χ1n) is 11.2. The minimum absolute atomic E-state index is 0.0219. The number of hydrogen-bond donors (Lipinski definition) is 1. The smallest absolute Gasteiger partial charge is 0.433 e. The lowest BCUT2D eigenvalue weighted by atomic mass is 10.0. The maximum Gasteiger partial charge on any atom is 0.433 e. The van der Waals surface area contributed by atoms with Crippen molar-refractivity contribution in [2.75, 3.05) is 13.7 Å². The molecule has 2 aromatic heterocycles. The number of carbonyl (C=O) groups is 3. The minimum Gasteiger partial charge on any atom is -0.465 e. The number of nitrogens with one attached hydrogen (secondary N) is 1. The lowest BCUT2D eigenvalue weighted by Crippen LogP contribution is -2.47. The zero-order valence-electron chi connectivity index (χ0n) is 20.6. The van der Waals surface area contributed by atoms with Crippen molar-refractivity contribution >= 4 is 18.0 Å². The molecule has 0 radical (unpaired) electrons. The van der Waals surface area contributed by atoms with Crippen LogP contribution in [0.3, 0.4) is 0 Å². The largest absolute Gasteiger partial charge is 0.465 e. The third-order valence-electron chi connectivity index (χ3n) is 5.36. The van der Waals surface area contributed by atoms with Gasteiger partial charge in [-0.3, -0.25) is 19.7 Å². The number of nitrogens with zero attached hydrogens (tertiary/aromatic N) is 3. The summed E-state index contributed by atoms with van der Waals surface area (Å²) in [6.07, 6.45) is -4.93. The third kappa shape index (κ3) is 6.92. The maximum absolute atomic E-state index is 14.1. The van der Waals surface area contributed by atoms with E-state index in [4.69, 9.17) is 9.47 Å². The fourth-order valence-electron chi connectivity index (χ4n) is 3.68. The normalized spacial score (nSPS) is 17.9. The third-order valence-corrected chi connectivity index (χ3v) is 5.36. The van der Waals surface area contributed by atoms with Gasteiger partial charge in [0.2, 0.25) is 5.91 Å². The van der Waals surface area contributed by atoms with Crippen LogP contribution in [0.4, 0.5) is 22.4 Å². The van der Waals surface area contributed by atoms with Crippen molar-refractivity contribution in [3.05, 3.63) is 47.5 Å². The second-order valence-electron chi connectivity index (χ2n) is 9.34. The molecule has 0 aliphatic carbocycles. The van der Waals surface area contributed by atoms with Crippen LogP contribution in [0, 0.1) is 0 Å². The first-order chi connectivity index (χ1) is 17.2. The highest BCUT2D eigenvalue weighted by Gasteiger charge is 2.41. The molecule has 1 saturated heterocycles. The van der Waals surface area contributed by atoms with E-state index in [-0.39, 0.29) is 41.9 Å². The molecule has 3 rings (SSSR count). The van der Waals surface area contributed by atoms with Gasteiger partial charge in [-0.15, -0.1) is 0 Å². The molecule has 0 spiro atoms. The highest BCUT2D eigenvalue weighted by Crippen LogP contribution is 2.30. The molecule has 13 heteroatoms. The lowest BCUT2D eigenvalue weighted by molar-refractivity contribution is -0.141. The van der Waals surface area contributed by atoms with Crippen LogP contribution in [0.5, 0.6) is 0 Å². The summed E-state index contributed by atoms with van der Waals surface area (Å²) in [5.74, 6) is -1.41. The highest BCUT2D eigenvalue weighted by molar-refractivity contribution is 5.97. The quantitative estimate of drug-likeness (QED) is 0.465. The summed E-state index contributed by atoms with van der Waals surface area (Å²) in [7, 11) is 1.14. The number of ether oxygens (including phenoxy) is 2. The van der Waals surface area contributed by atoms with Crippen molar-refractivity contribution in [1.82, 2.24) is 20.2 Å². The lowest BCUT2D eigenvalue weighted by Gasteiger charge is -2.27. The van der Waals surface area contributed by atoms with E-state index in [1.54, 1.807) is 20.8 Å². The molecule has 1 fully saturated rings. The van der Waals surface area contributed by atoms with E-state index in [0.29, 0.717) is 0 Å². The molecule has 37 heavy (non-hydrogen) atoms. The zero-order valence-corrected chi connectivity index (χ0v) is 20.6. The van der Waals surface area contributed by atoms with Crippen LogP contribution in [0.25, 0.3) is 11.1 Å². The Balaban J connectivity index is 1.80. The van der Waals surface area contributed by atoms with Gasteiger partial charge in [-0.05, 0) is 32.9 Å². The number of rotatable bonds is 5. The molecule has 3 heterocycles.